The Bertz CT molecular complexity index is 1900. The fraction of sp³-hybridized carbons (Fsp3) is 0.486. The van der Waals surface area contributed by atoms with Crippen molar-refractivity contribution >= 4 is 28.0 Å². The summed E-state index contributed by atoms with van der Waals surface area (Å²) in [6, 6.07) is 10.4. The second-order valence-corrected chi connectivity index (χ2v) is 16.1. The van der Waals surface area contributed by atoms with Crippen LogP contribution in [0.5, 0.6) is 5.88 Å². The lowest BCUT2D eigenvalue weighted by atomic mass is 9.83. The molecule has 15 heteroatoms. The molecule has 1 aliphatic heterocycles. The van der Waals surface area contributed by atoms with Crippen molar-refractivity contribution in [3.05, 3.63) is 65.2 Å². The molecule has 4 bridgehead atoms. The van der Waals surface area contributed by atoms with Gasteiger partial charge in [-0.3, -0.25) is 4.79 Å². The summed E-state index contributed by atoms with van der Waals surface area (Å²) >= 11 is 0. The van der Waals surface area contributed by atoms with Crippen molar-refractivity contribution in [3.63, 3.8) is 0 Å². The van der Waals surface area contributed by atoms with Crippen LogP contribution in [0.15, 0.2) is 53.4 Å². The van der Waals surface area contributed by atoms with E-state index in [0.717, 1.165) is 11.1 Å². The second-order valence-electron chi connectivity index (χ2n) is 14.4. The van der Waals surface area contributed by atoms with E-state index in [2.05, 4.69) is 20.0 Å². The molecule has 2 amide bonds. The van der Waals surface area contributed by atoms with Crippen molar-refractivity contribution in [2.24, 2.45) is 5.41 Å². The molecule has 3 aromatic rings. The molecule has 268 valence electrons. The number of alkyl carbamates (subject to hydrolysis) is 1. The maximum absolute atomic E-state index is 14.5. The van der Waals surface area contributed by atoms with E-state index in [1.807, 2.05) is 32.0 Å². The Balaban J connectivity index is 1.42. The highest BCUT2D eigenvalue weighted by molar-refractivity contribution is 7.92. The van der Waals surface area contributed by atoms with Crippen molar-refractivity contribution in [2.75, 3.05) is 11.3 Å². The van der Waals surface area contributed by atoms with E-state index in [1.165, 1.54) is 35.2 Å². The van der Waals surface area contributed by atoms with Gasteiger partial charge in [0.1, 0.15) is 12.2 Å². The van der Waals surface area contributed by atoms with Crippen molar-refractivity contribution in [3.8, 4) is 17.1 Å². The fourth-order valence-electron chi connectivity index (χ4n) is 6.68. The monoisotopic (exact) mass is 715 g/mol. The Morgan fingerprint density at radius 2 is 1.72 bits per heavy atom. The van der Waals surface area contributed by atoms with Crippen molar-refractivity contribution < 1.29 is 40.7 Å². The Morgan fingerprint density at radius 3 is 2.34 bits per heavy atom. The van der Waals surface area contributed by atoms with Gasteiger partial charge in [0.25, 0.3) is 15.9 Å². The summed E-state index contributed by atoms with van der Waals surface area (Å²) in [5.41, 5.74) is -0.00342. The Kier molecular flexibility index (Phi) is 9.02. The molecule has 2 saturated carbocycles. The van der Waals surface area contributed by atoms with Gasteiger partial charge in [0.15, 0.2) is 0 Å². The SMILES string of the molecule is Cc1cccc(C)c1-c1cc2nc(n1)NS(=O)(=O)c1cccc(c1)C(=O)N([C@H]1C[C@@H](NC(=O)OC(C)(C)C)C1)[C@H](CC1(C(F)(F)F)CC1)CO2. The van der Waals surface area contributed by atoms with Gasteiger partial charge in [0.2, 0.25) is 11.8 Å². The van der Waals surface area contributed by atoms with Crippen LogP contribution in [0.2, 0.25) is 0 Å². The molecule has 3 aliphatic rings. The minimum atomic E-state index is -4.52. The first-order valence-electron chi connectivity index (χ1n) is 16.4. The fourth-order valence-corrected chi connectivity index (χ4v) is 7.67. The van der Waals surface area contributed by atoms with Crippen LogP contribution < -0.4 is 14.8 Å². The summed E-state index contributed by atoms with van der Waals surface area (Å²) < 4.78 is 84.5. The molecule has 2 fully saturated rings. The number of aryl methyl sites for hydroxylation is 2. The van der Waals surface area contributed by atoms with Crippen molar-refractivity contribution in [2.45, 2.75) is 102 Å². The van der Waals surface area contributed by atoms with E-state index >= 15 is 0 Å². The van der Waals surface area contributed by atoms with Gasteiger partial charge in [0, 0.05) is 29.3 Å². The summed E-state index contributed by atoms with van der Waals surface area (Å²) in [5, 5.41) is 2.77. The number of halogens is 3. The Labute approximate surface area is 289 Å². The lowest BCUT2D eigenvalue weighted by molar-refractivity contribution is -0.193. The Morgan fingerprint density at radius 1 is 1.06 bits per heavy atom. The maximum atomic E-state index is 14.5. The number of hydrogen-bond acceptors (Lipinski definition) is 8. The van der Waals surface area contributed by atoms with Crippen LogP contribution in [0.4, 0.5) is 23.9 Å². The molecule has 2 aliphatic carbocycles. The molecule has 2 N–H and O–H groups in total. The van der Waals surface area contributed by atoms with E-state index in [9.17, 15) is 31.2 Å². The number of fused-ring (bicyclic) bond motifs is 4. The summed E-state index contributed by atoms with van der Waals surface area (Å²) in [4.78, 5) is 36.8. The summed E-state index contributed by atoms with van der Waals surface area (Å²) in [7, 11) is -4.33. The van der Waals surface area contributed by atoms with Crippen molar-refractivity contribution in [1.29, 1.82) is 0 Å². The zero-order chi connectivity index (χ0) is 36.2. The first-order valence-corrected chi connectivity index (χ1v) is 17.9. The van der Waals surface area contributed by atoms with Gasteiger partial charge in [-0.05, 0) is 96.0 Å². The molecule has 11 nitrogen and oxygen atoms in total. The number of carbonyl (C=O) groups excluding carboxylic acids is 2. The van der Waals surface area contributed by atoms with Gasteiger partial charge >= 0.3 is 12.3 Å². The van der Waals surface area contributed by atoms with Crippen LogP contribution in [-0.4, -0.2) is 71.8 Å². The van der Waals surface area contributed by atoms with Crippen LogP contribution in [0.25, 0.3) is 11.3 Å². The van der Waals surface area contributed by atoms with E-state index in [4.69, 9.17) is 9.47 Å². The molecule has 50 heavy (non-hydrogen) atoms. The number of amides is 2. The van der Waals surface area contributed by atoms with Crippen LogP contribution in [0, 0.1) is 19.3 Å². The van der Waals surface area contributed by atoms with Gasteiger partial charge in [-0.15, -0.1) is 0 Å². The number of nitrogens with zero attached hydrogens (tertiary/aromatic N) is 3. The average Bonchev–Trinajstić information content (AvgIpc) is 3.78. The minimum absolute atomic E-state index is 0.0265. The first-order chi connectivity index (χ1) is 23.3. The number of carbonyl (C=O) groups is 2. The minimum Gasteiger partial charge on any atom is -0.475 e. The van der Waals surface area contributed by atoms with Crippen LogP contribution in [0.3, 0.4) is 0 Å². The number of rotatable bonds is 5. The van der Waals surface area contributed by atoms with E-state index in [-0.39, 0.29) is 54.6 Å². The predicted octanol–water partition coefficient (Wildman–Crippen LogP) is 6.55. The topological polar surface area (TPSA) is 140 Å². The van der Waals surface area contributed by atoms with Gasteiger partial charge in [0.05, 0.1) is 22.0 Å². The molecular formula is C35H40F3N5O6S. The molecule has 0 spiro atoms. The highest BCUT2D eigenvalue weighted by Gasteiger charge is 2.64. The number of benzene rings is 2. The molecule has 2 aromatic carbocycles. The summed E-state index contributed by atoms with van der Waals surface area (Å²) in [6.45, 7) is 8.56. The van der Waals surface area contributed by atoms with E-state index < -0.39 is 63.8 Å². The highest BCUT2D eigenvalue weighted by atomic mass is 32.2. The van der Waals surface area contributed by atoms with E-state index in [1.54, 1.807) is 20.8 Å². The number of anilines is 1. The smallest absolute Gasteiger partial charge is 0.407 e. The van der Waals surface area contributed by atoms with Gasteiger partial charge in [-0.25, -0.2) is 22.9 Å². The summed E-state index contributed by atoms with van der Waals surface area (Å²) in [6.07, 6.45) is -5.28. The van der Waals surface area contributed by atoms with E-state index in [0.29, 0.717) is 11.3 Å². The first kappa shape index (κ1) is 35.4. The maximum Gasteiger partial charge on any atom is 0.407 e. The predicted molar refractivity (Wildman–Crippen MR) is 178 cm³/mol. The van der Waals surface area contributed by atoms with Crippen LogP contribution in [-0.2, 0) is 14.8 Å². The van der Waals surface area contributed by atoms with Crippen LogP contribution in [0.1, 0.15) is 74.4 Å². The largest absolute Gasteiger partial charge is 0.475 e. The second kappa shape index (κ2) is 12.7. The number of alkyl halides is 3. The number of sulfonamides is 1. The lowest BCUT2D eigenvalue weighted by Gasteiger charge is -2.47. The molecule has 1 atom stereocenters. The average molecular weight is 716 g/mol. The third kappa shape index (κ3) is 7.37. The van der Waals surface area contributed by atoms with Gasteiger partial charge < -0.3 is 19.7 Å². The van der Waals surface area contributed by atoms with Gasteiger partial charge in [-0.1, -0.05) is 24.3 Å². The molecule has 0 saturated heterocycles. The molecule has 1 aromatic heterocycles. The zero-order valence-electron chi connectivity index (χ0n) is 28.4. The zero-order valence-corrected chi connectivity index (χ0v) is 29.2. The molecule has 0 radical (unpaired) electrons. The number of nitrogens with one attached hydrogen (secondary N) is 2. The highest BCUT2D eigenvalue weighted by Crippen LogP contribution is 2.61. The number of ether oxygens (including phenoxy) is 2. The Hall–Kier alpha value is -4.40. The van der Waals surface area contributed by atoms with Crippen LogP contribution >= 0.6 is 0 Å². The van der Waals surface area contributed by atoms with Gasteiger partial charge in [-0.2, -0.15) is 18.2 Å². The number of aromatic nitrogens is 2. The standard InChI is InChI=1S/C35H40F3N5O6S/c1-20-8-6-9-21(2)29(20)27-17-28-41-31(40-27)42-50(46,47)26-11-7-10-22(14-26)30(44)43(24-15-23(16-24)39-32(45)49-33(3,4)5)25(19-48-28)18-34(12-13-34)35(36,37)38/h6-11,14,17,23-25H,12-13,15-16,18-19H2,1-5H3,(H,39,45)(H,40,41,42)/t23-,24+,25-/m1/s1. The lowest BCUT2D eigenvalue weighted by Crippen LogP contribution is -2.60. The van der Waals surface area contributed by atoms with Crippen molar-refractivity contribution in [1.82, 2.24) is 20.2 Å². The third-order valence-electron chi connectivity index (χ3n) is 9.42. The number of hydrogen-bond donors (Lipinski definition) is 2. The molecular weight excluding hydrogens is 675 g/mol. The third-order valence-corrected chi connectivity index (χ3v) is 10.7. The molecule has 2 heterocycles. The normalized spacial score (nSPS) is 22.8. The summed E-state index contributed by atoms with van der Waals surface area (Å²) in [5.74, 6) is -1.02. The molecule has 6 rings (SSSR count). The quantitative estimate of drug-likeness (QED) is 0.303. The molecule has 0 unspecified atom stereocenters.